The van der Waals surface area contributed by atoms with Crippen LogP contribution in [0.25, 0.3) is 0 Å². The van der Waals surface area contributed by atoms with Crippen LogP contribution in [0.3, 0.4) is 0 Å². The number of carboxylic acids is 1. The number of anilines is 1. The summed E-state index contributed by atoms with van der Waals surface area (Å²) in [5, 5.41) is 11.6. The molecule has 0 aliphatic rings. The summed E-state index contributed by atoms with van der Waals surface area (Å²) in [4.78, 5) is 23.0. The lowest BCUT2D eigenvalue weighted by atomic mass is 10.2. The molecular weight excluding hydrogens is 298 g/mol. The highest BCUT2D eigenvalue weighted by atomic mass is 16.5. The van der Waals surface area contributed by atoms with Crippen LogP contribution in [-0.4, -0.2) is 30.2 Å². The lowest BCUT2D eigenvalue weighted by Gasteiger charge is -2.15. The number of nitrogens with one attached hydrogen (secondary N) is 1. The van der Waals surface area contributed by atoms with Crippen LogP contribution in [0.5, 0.6) is 11.5 Å². The topological polar surface area (TPSA) is 84.9 Å². The first-order chi connectivity index (χ1) is 11.0. The number of rotatable bonds is 6. The summed E-state index contributed by atoms with van der Waals surface area (Å²) in [6.45, 7) is 1.61. The second kappa shape index (κ2) is 7.31. The molecule has 0 fully saturated rings. The largest absolute Gasteiger partial charge is 0.497 e. The van der Waals surface area contributed by atoms with Crippen LogP contribution in [-0.2, 0) is 4.79 Å². The van der Waals surface area contributed by atoms with Gasteiger partial charge in [0.25, 0.3) is 5.91 Å². The van der Waals surface area contributed by atoms with Crippen LogP contribution in [0.15, 0.2) is 48.5 Å². The highest BCUT2D eigenvalue weighted by Gasteiger charge is 2.15. The van der Waals surface area contributed by atoms with Gasteiger partial charge >= 0.3 is 5.97 Å². The normalized spacial score (nSPS) is 11.4. The number of carboxylic acid groups (broad SMARTS) is 1. The average Bonchev–Trinajstić information content (AvgIpc) is 2.55. The van der Waals surface area contributed by atoms with Gasteiger partial charge in [0, 0.05) is 5.69 Å². The Balaban J connectivity index is 1.99. The van der Waals surface area contributed by atoms with E-state index >= 15 is 0 Å². The Labute approximate surface area is 133 Å². The van der Waals surface area contributed by atoms with E-state index in [0.717, 1.165) is 0 Å². The number of benzene rings is 2. The van der Waals surface area contributed by atoms with Crippen LogP contribution in [0.1, 0.15) is 17.3 Å². The van der Waals surface area contributed by atoms with Gasteiger partial charge in [-0.25, -0.2) is 4.79 Å². The highest BCUT2D eigenvalue weighted by Crippen LogP contribution is 2.19. The zero-order valence-electron chi connectivity index (χ0n) is 12.8. The standard InChI is InChI=1S/C17H17NO5/c1-11(23-15-8-6-14(22-2)7-9-15)16(19)18-13-5-3-4-12(10-13)17(20)21/h3-11H,1-2H3,(H,18,19)(H,20,21). The second-order valence-corrected chi connectivity index (χ2v) is 4.81. The van der Waals surface area contributed by atoms with Crippen LogP contribution in [0, 0.1) is 0 Å². The molecule has 2 N–H and O–H groups in total. The maximum atomic E-state index is 12.1. The van der Waals surface area contributed by atoms with Gasteiger partial charge in [-0.05, 0) is 49.4 Å². The first kappa shape index (κ1) is 16.4. The van der Waals surface area contributed by atoms with E-state index in [4.69, 9.17) is 14.6 Å². The van der Waals surface area contributed by atoms with Gasteiger partial charge in [-0.3, -0.25) is 4.79 Å². The molecular formula is C17H17NO5. The number of carbonyl (C=O) groups excluding carboxylic acids is 1. The number of methoxy groups -OCH3 is 1. The van der Waals surface area contributed by atoms with Crippen LogP contribution >= 0.6 is 0 Å². The predicted molar refractivity (Wildman–Crippen MR) is 85.1 cm³/mol. The molecule has 1 unspecified atom stereocenters. The zero-order chi connectivity index (χ0) is 16.8. The van der Waals surface area contributed by atoms with E-state index in [2.05, 4.69) is 5.32 Å². The van der Waals surface area contributed by atoms with Crippen molar-refractivity contribution in [3.8, 4) is 11.5 Å². The monoisotopic (exact) mass is 315 g/mol. The van der Waals surface area contributed by atoms with Crippen molar-refractivity contribution in [3.05, 3.63) is 54.1 Å². The Morgan fingerprint density at radius 2 is 1.74 bits per heavy atom. The van der Waals surface area contributed by atoms with Gasteiger partial charge in [0.2, 0.25) is 0 Å². The summed E-state index contributed by atoms with van der Waals surface area (Å²) < 4.78 is 10.6. The molecule has 0 spiro atoms. The molecule has 0 bridgehead atoms. The molecule has 23 heavy (non-hydrogen) atoms. The third kappa shape index (κ3) is 4.47. The maximum absolute atomic E-state index is 12.1. The van der Waals surface area contributed by atoms with E-state index in [-0.39, 0.29) is 11.5 Å². The van der Waals surface area contributed by atoms with E-state index in [0.29, 0.717) is 17.2 Å². The fraction of sp³-hybridized carbons (Fsp3) is 0.176. The molecule has 6 nitrogen and oxygen atoms in total. The van der Waals surface area contributed by atoms with Crippen molar-refractivity contribution >= 4 is 17.6 Å². The van der Waals surface area contributed by atoms with E-state index in [1.165, 1.54) is 12.1 Å². The fourth-order valence-corrected chi connectivity index (χ4v) is 1.89. The molecule has 0 saturated heterocycles. The summed E-state index contributed by atoms with van der Waals surface area (Å²) in [6.07, 6.45) is -0.739. The Morgan fingerprint density at radius 1 is 1.09 bits per heavy atom. The van der Waals surface area contributed by atoms with E-state index in [1.807, 2.05) is 0 Å². The van der Waals surface area contributed by atoms with E-state index in [9.17, 15) is 9.59 Å². The molecule has 0 aromatic heterocycles. The van der Waals surface area contributed by atoms with Gasteiger partial charge in [0.1, 0.15) is 11.5 Å². The molecule has 2 rings (SSSR count). The van der Waals surface area contributed by atoms with Gasteiger partial charge in [-0.15, -0.1) is 0 Å². The Morgan fingerprint density at radius 3 is 2.35 bits per heavy atom. The number of hydrogen-bond acceptors (Lipinski definition) is 4. The Bertz CT molecular complexity index is 696. The summed E-state index contributed by atoms with van der Waals surface area (Å²) in [7, 11) is 1.57. The van der Waals surface area contributed by atoms with Crippen molar-refractivity contribution in [1.29, 1.82) is 0 Å². The first-order valence-electron chi connectivity index (χ1n) is 6.94. The van der Waals surface area contributed by atoms with Gasteiger partial charge in [0.15, 0.2) is 6.10 Å². The first-order valence-corrected chi connectivity index (χ1v) is 6.94. The highest BCUT2D eigenvalue weighted by molar-refractivity contribution is 5.96. The molecule has 0 heterocycles. The predicted octanol–water partition coefficient (Wildman–Crippen LogP) is 2.80. The number of aromatic carboxylic acids is 1. The Kier molecular flexibility index (Phi) is 5.19. The molecule has 0 aliphatic carbocycles. The summed E-state index contributed by atoms with van der Waals surface area (Å²) >= 11 is 0. The molecule has 6 heteroatoms. The number of amides is 1. The number of ether oxygens (including phenoxy) is 2. The van der Waals surface area contributed by atoms with Crippen molar-refractivity contribution < 1.29 is 24.2 Å². The molecule has 120 valence electrons. The van der Waals surface area contributed by atoms with Crippen LogP contribution in [0.4, 0.5) is 5.69 Å². The molecule has 1 atom stereocenters. The second-order valence-electron chi connectivity index (χ2n) is 4.81. The minimum Gasteiger partial charge on any atom is -0.497 e. The molecule has 2 aromatic rings. The molecule has 2 aromatic carbocycles. The summed E-state index contributed by atoms with van der Waals surface area (Å²) in [5.74, 6) is -0.195. The minimum atomic E-state index is -1.05. The SMILES string of the molecule is COc1ccc(OC(C)C(=O)Nc2cccc(C(=O)O)c2)cc1. The quantitative estimate of drug-likeness (QED) is 0.856. The maximum Gasteiger partial charge on any atom is 0.335 e. The van der Waals surface area contributed by atoms with Crippen molar-refractivity contribution in [3.63, 3.8) is 0 Å². The summed E-state index contributed by atoms with van der Waals surface area (Å²) in [5.41, 5.74) is 0.506. The third-order valence-corrected chi connectivity index (χ3v) is 3.12. The van der Waals surface area contributed by atoms with Gasteiger partial charge in [0.05, 0.1) is 12.7 Å². The molecule has 0 saturated carbocycles. The molecule has 1 amide bonds. The third-order valence-electron chi connectivity index (χ3n) is 3.12. The zero-order valence-corrected chi connectivity index (χ0v) is 12.8. The van der Waals surface area contributed by atoms with Crippen molar-refractivity contribution in [2.75, 3.05) is 12.4 Å². The fourth-order valence-electron chi connectivity index (χ4n) is 1.89. The minimum absolute atomic E-state index is 0.103. The van der Waals surface area contributed by atoms with Gasteiger partial charge in [-0.2, -0.15) is 0 Å². The smallest absolute Gasteiger partial charge is 0.335 e. The van der Waals surface area contributed by atoms with Crippen molar-refractivity contribution in [2.24, 2.45) is 0 Å². The van der Waals surface area contributed by atoms with Crippen LogP contribution in [0.2, 0.25) is 0 Å². The lowest BCUT2D eigenvalue weighted by molar-refractivity contribution is -0.122. The molecule has 0 radical (unpaired) electrons. The molecule has 0 aliphatic heterocycles. The number of carbonyl (C=O) groups is 2. The summed E-state index contributed by atoms with van der Waals surface area (Å²) in [6, 6.07) is 12.9. The number of hydrogen-bond donors (Lipinski definition) is 2. The van der Waals surface area contributed by atoms with Gasteiger partial charge < -0.3 is 19.9 Å². The van der Waals surface area contributed by atoms with Crippen molar-refractivity contribution in [2.45, 2.75) is 13.0 Å². The average molecular weight is 315 g/mol. The van der Waals surface area contributed by atoms with E-state index in [1.54, 1.807) is 50.4 Å². The lowest BCUT2D eigenvalue weighted by Crippen LogP contribution is -2.30. The Hall–Kier alpha value is -3.02. The van der Waals surface area contributed by atoms with Crippen LogP contribution < -0.4 is 14.8 Å². The van der Waals surface area contributed by atoms with E-state index < -0.39 is 12.1 Å². The van der Waals surface area contributed by atoms with Gasteiger partial charge in [-0.1, -0.05) is 6.07 Å². The van der Waals surface area contributed by atoms with Crippen molar-refractivity contribution in [1.82, 2.24) is 0 Å².